The number of hydrogen-bond acceptors (Lipinski definition) is 5. The molecule has 106 valence electrons. The Bertz CT molecular complexity index is 592. The zero-order valence-electron chi connectivity index (χ0n) is 11.9. The van der Waals surface area contributed by atoms with E-state index < -0.39 is 0 Å². The van der Waals surface area contributed by atoms with Crippen molar-refractivity contribution in [2.24, 2.45) is 7.05 Å². The number of nitrogens with one attached hydrogen (secondary N) is 1. The van der Waals surface area contributed by atoms with Gasteiger partial charge < -0.3 is 10.2 Å². The summed E-state index contributed by atoms with van der Waals surface area (Å²) in [5.41, 5.74) is 1.42. The van der Waals surface area contributed by atoms with Crippen LogP contribution in [-0.2, 0) is 7.05 Å². The fourth-order valence-corrected chi connectivity index (χ4v) is 1.77. The summed E-state index contributed by atoms with van der Waals surface area (Å²) in [6.07, 6.45) is 0. The summed E-state index contributed by atoms with van der Waals surface area (Å²) in [7, 11) is 5.70. The van der Waals surface area contributed by atoms with Gasteiger partial charge in [0.15, 0.2) is 5.82 Å². The van der Waals surface area contributed by atoms with Gasteiger partial charge >= 0.3 is 0 Å². The van der Waals surface area contributed by atoms with Crippen LogP contribution >= 0.6 is 0 Å². The maximum Gasteiger partial charge on any atom is 0.251 e. The molecule has 0 atom stereocenters. The van der Waals surface area contributed by atoms with Crippen LogP contribution in [0.15, 0.2) is 24.3 Å². The third kappa shape index (κ3) is 3.39. The number of hydrogen-bond donors (Lipinski definition) is 1. The van der Waals surface area contributed by atoms with Crippen LogP contribution in [0.1, 0.15) is 10.4 Å². The molecule has 0 radical (unpaired) electrons. The molecule has 1 aromatic heterocycles. The van der Waals surface area contributed by atoms with Gasteiger partial charge in [-0.15, -0.1) is 5.10 Å². The molecule has 0 spiro atoms. The molecule has 1 amide bonds. The van der Waals surface area contributed by atoms with Gasteiger partial charge in [-0.05, 0) is 36.7 Å². The van der Waals surface area contributed by atoms with Gasteiger partial charge in [0, 0.05) is 31.3 Å². The second-order valence-corrected chi connectivity index (χ2v) is 4.77. The van der Waals surface area contributed by atoms with Gasteiger partial charge in [0.2, 0.25) is 0 Å². The summed E-state index contributed by atoms with van der Waals surface area (Å²) in [6, 6.07) is 7.27. The van der Waals surface area contributed by atoms with Crippen LogP contribution in [0.2, 0.25) is 0 Å². The first-order chi connectivity index (χ1) is 9.58. The summed E-state index contributed by atoms with van der Waals surface area (Å²) in [5.74, 6) is 0.539. The molecule has 0 unspecified atom stereocenters. The van der Waals surface area contributed by atoms with E-state index in [0.29, 0.717) is 17.9 Å². The lowest BCUT2D eigenvalue weighted by Gasteiger charge is -2.10. The van der Waals surface area contributed by atoms with Crippen LogP contribution in [0.5, 0.6) is 0 Å². The number of benzene rings is 1. The van der Waals surface area contributed by atoms with Gasteiger partial charge in [-0.2, -0.15) is 0 Å². The summed E-state index contributed by atoms with van der Waals surface area (Å²) >= 11 is 0. The predicted octanol–water partition coefficient (Wildman–Crippen LogP) is 0.168. The van der Waals surface area contributed by atoms with E-state index in [4.69, 9.17) is 0 Å². The molecule has 0 saturated heterocycles. The molecule has 2 rings (SSSR count). The second kappa shape index (κ2) is 6.25. The summed E-state index contributed by atoms with van der Waals surface area (Å²) in [5, 5.41) is 14.2. The molecule has 1 aromatic carbocycles. The van der Waals surface area contributed by atoms with Crippen LogP contribution < -0.4 is 5.32 Å². The highest BCUT2D eigenvalue weighted by Gasteiger charge is 2.10. The number of rotatable bonds is 5. The molecule has 0 aliphatic rings. The van der Waals surface area contributed by atoms with Gasteiger partial charge in [-0.25, -0.2) is 4.68 Å². The van der Waals surface area contributed by atoms with Crippen molar-refractivity contribution in [3.63, 3.8) is 0 Å². The largest absolute Gasteiger partial charge is 0.351 e. The Morgan fingerprint density at radius 2 is 2.20 bits per heavy atom. The highest BCUT2D eigenvalue weighted by Crippen LogP contribution is 2.16. The van der Waals surface area contributed by atoms with Gasteiger partial charge in [0.25, 0.3) is 5.91 Å². The third-order valence-electron chi connectivity index (χ3n) is 2.85. The molecule has 0 saturated carbocycles. The summed E-state index contributed by atoms with van der Waals surface area (Å²) in [6.45, 7) is 1.42. The molecule has 1 N–H and O–H groups in total. The maximum absolute atomic E-state index is 12.0. The number of carbonyl (C=O) groups is 1. The van der Waals surface area contributed by atoms with Crippen molar-refractivity contribution in [3.8, 4) is 11.4 Å². The molecule has 0 aliphatic heterocycles. The van der Waals surface area contributed by atoms with Gasteiger partial charge in [0.05, 0.1) is 0 Å². The van der Waals surface area contributed by atoms with E-state index in [1.165, 1.54) is 0 Å². The number of aromatic nitrogens is 4. The normalized spacial score (nSPS) is 10.8. The van der Waals surface area contributed by atoms with Crippen LogP contribution in [0.4, 0.5) is 0 Å². The molecule has 1 heterocycles. The minimum absolute atomic E-state index is 0.0937. The Morgan fingerprint density at radius 3 is 2.85 bits per heavy atom. The van der Waals surface area contributed by atoms with Crippen molar-refractivity contribution in [1.82, 2.24) is 30.4 Å². The lowest BCUT2D eigenvalue weighted by molar-refractivity contribution is 0.0951. The first-order valence-electron chi connectivity index (χ1n) is 6.33. The standard InChI is InChI=1S/C13H18N6O/c1-18(2)8-7-14-13(20)11-6-4-5-10(9-11)12-15-16-17-19(12)3/h4-6,9H,7-8H2,1-3H3,(H,14,20). The lowest BCUT2D eigenvalue weighted by atomic mass is 10.1. The number of tetrazole rings is 1. The van der Waals surface area contributed by atoms with Crippen LogP contribution in [0.3, 0.4) is 0 Å². The van der Waals surface area contributed by atoms with E-state index in [0.717, 1.165) is 12.1 Å². The van der Waals surface area contributed by atoms with Crippen molar-refractivity contribution < 1.29 is 4.79 Å². The van der Waals surface area contributed by atoms with Gasteiger partial charge in [0.1, 0.15) is 0 Å². The second-order valence-electron chi connectivity index (χ2n) is 4.77. The molecular formula is C13H18N6O. The molecule has 0 fully saturated rings. The molecule has 7 heteroatoms. The highest BCUT2D eigenvalue weighted by molar-refractivity contribution is 5.95. The van der Waals surface area contributed by atoms with E-state index in [1.54, 1.807) is 23.9 Å². The molecule has 20 heavy (non-hydrogen) atoms. The zero-order chi connectivity index (χ0) is 14.5. The lowest BCUT2D eigenvalue weighted by Crippen LogP contribution is -2.31. The minimum atomic E-state index is -0.0937. The Morgan fingerprint density at radius 1 is 1.40 bits per heavy atom. The average Bonchev–Trinajstić information content (AvgIpc) is 2.84. The fourth-order valence-electron chi connectivity index (χ4n) is 1.77. The Balaban J connectivity index is 2.10. The van der Waals surface area contributed by atoms with E-state index in [9.17, 15) is 4.79 Å². The Hall–Kier alpha value is -2.28. The quantitative estimate of drug-likeness (QED) is 0.841. The number of aryl methyl sites for hydroxylation is 1. The molecule has 7 nitrogen and oxygen atoms in total. The first-order valence-corrected chi connectivity index (χ1v) is 6.33. The third-order valence-corrected chi connectivity index (χ3v) is 2.85. The van der Waals surface area contributed by atoms with E-state index in [1.807, 2.05) is 31.1 Å². The minimum Gasteiger partial charge on any atom is -0.351 e. The molecule has 0 aliphatic carbocycles. The van der Waals surface area contributed by atoms with Crippen LogP contribution in [-0.4, -0.2) is 58.2 Å². The molecule has 0 bridgehead atoms. The topological polar surface area (TPSA) is 75.9 Å². The zero-order valence-corrected chi connectivity index (χ0v) is 11.9. The number of amides is 1. The number of nitrogens with zero attached hydrogens (tertiary/aromatic N) is 5. The van der Waals surface area contributed by atoms with Gasteiger partial charge in [-0.3, -0.25) is 4.79 Å². The van der Waals surface area contributed by atoms with Crippen molar-refractivity contribution in [1.29, 1.82) is 0 Å². The Labute approximate surface area is 117 Å². The highest BCUT2D eigenvalue weighted by atomic mass is 16.1. The number of likely N-dealkylation sites (N-methyl/N-ethyl adjacent to an activating group) is 1. The van der Waals surface area contributed by atoms with Crippen LogP contribution in [0, 0.1) is 0 Å². The Kier molecular flexibility index (Phi) is 4.41. The fraction of sp³-hybridized carbons (Fsp3) is 0.385. The molecule has 2 aromatic rings. The SMILES string of the molecule is CN(C)CCNC(=O)c1cccc(-c2nnnn2C)c1. The van der Waals surface area contributed by atoms with Crippen molar-refractivity contribution in [2.45, 2.75) is 0 Å². The van der Waals surface area contributed by atoms with Crippen LogP contribution in [0.25, 0.3) is 11.4 Å². The average molecular weight is 274 g/mol. The smallest absolute Gasteiger partial charge is 0.251 e. The summed E-state index contributed by atoms with van der Waals surface area (Å²) in [4.78, 5) is 14.1. The van der Waals surface area contributed by atoms with E-state index in [-0.39, 0.29) is 5.91 Å². The van der Waals surface area contributed by atoms with E-state index >= 15 is 0 Å². The van der Waals surface area contributed by atoms with Crippen molar-refractivity contribution >= 4 is 5.91 Å². The monoisotopic (exact) mass is 274 g/mol. The molecular weight excluding hydrogens is 256 g/mol. The maximum atomic E-state index is 12.0. The van der Waals surface area contributed by atoms with Crippen molar-refractivity contribution in [3.05, 3.63) is 29.8 Å². The number of carbonyl (C=O) groups excluding carboxylic acids is 1. The predicted molar refractivity (Wildman–Crippen MR) is 75.1 cm³/mol. The van der Waals surface area contributed by atoms with Crippen molar-refractivity contribution in [2.75, 3.05) is 27.2 Å². The first kappa shape index (κ1) is 14.1. The summed E-state index contributed by atoms with van der Waals surface area (Å²) < 4.78 is 1.57. The van der Waals surface area contributed by atoms with Gasteiger partial charge in [-0.1, -0.05) is 12.1 Å². The van der Waals surface area contributed by atoms with E-state index in [2.05, 4.69) is 20.8 Å².